The zero-order valence-electron chi connectivity index (χ0n) is 13.9. The molecule has 2 heterocycles. The van der Waals surface area contributed by atoms with Crippen LogP contribution in [0, 0.1) is 0 Å². The van der Waals surface area contributed by atoms with Crippen LogP contribution in [-0.4, -0.2) is 32.3 Å². The predicted molar refractivity (Wildman–Crippen MR) is 108 cm³/mol. The Kier molecular flexibility index (Phi) is 4.75. The van der Waals surface area contributed by atoms with Gasteiger partial charge in [-0.25, -0.2) is 9.78 Å². The van der Waals surface area contributed by atoms with Gasteiger partial charge in [0.2, 0.25) is 5.91 Å². The summed E-state index contributed by atoms with van der Waals surface area (Å²) in [6.45, 7) is 0. The Morgan fingerprint density at radius 3 is 2.74 bits per heavy atom. The number of hydrogen-bond donors (Lipinski definition) is 2. The summed E-state index contributed by atoms with van der Waals surface area (Å²) in [5.41, 5.74) is 2.92. The highest BCUT2D eigenvalue weighted by atomic mass is 79.9. The maximum atomic E-state index is 12.1. The summed E-state index contributed by atoms with van der Waals surface area (Å²) in [6.07, 6.45) is 1.69. The van der Waals surface area contributed by atoms with Crippen LogP contribution in [0.3, 0.4) is 0 Å². The van der Waals surface area contributed by atoms with Crippen LogP contribution >= 0.6 is 27.7 Å². The van der Waals surface area contributed by atoms with Crippen molar-refractivity contribution in [1.29, 1.82) is 0 Å². The Bertz CT molecular complexity index is 1030. The van der Waals surface area contributed by atoms with E-state index in [1.165, 1.54) is 11.8 Å². The smallest absolute Gasteiger partial charge is 0.335 e. The first-order valence-corrected chi connectivity index (χ1v) is 9.95. The molecule has 4 rings (SSSR count). The van der Waals surface area contributed by atoms with Crippen LogP contribution in [0.15, 0.2) is 59.3 Å². The fourth-order valence-electron chi connectivity index (χ4n) is 3.00. The molecular formula is C19H14BrN3O3S. The number of carbonyl (C=O) groups is 2. The Labute approximate surface area is 167 Å². The van der Waals surface area contributed by atoms with Crippen molar-refractivity contribution in [2.45, 2.75) is 5.25 Å². The highest BCUT2D eigenvalue weighted by molar-refractivity contribution is 9.10. The molecule has 27 heavy (non-hydrogen) atoms. The van der Waals surface area contributed by atoms with E-state index in [0.717, 1.165) is 21.4 Å². The van der Waals surface area contributed by atoms with Crippen molar-refractivity contribution in [2.24, 2.45) is 0 Å². The van der Waals surface area contributed by atoms with Gasteiger partial charge in [0, 0.05) is 10.2 Å². The molecule has 0 saturated carbocycles. The number of nitrogens with one attached hydrogen (secondary N) is 1. The van der Waals surface area contributed by atoms with Gasteiger partial charge >= 0.3 is 5.97 Å². The molecule has 0 aliphatic carbocycles. The van der Waals surface area contributed by atoms with Crippen molar-refractivity contribution in [3.8, 4) is 5.69 Å². The molecule has 0 bridgehead atoms. The third-order valence-corrected chi connectivity index (χ3v) is 5.99. The highest BCUT2D eigenvalue weighted by Gasteiger charge is 2.29. The monoisotopic (exact) mass is 443 g/mol. The van der Waals surface area contributed by atoms with Crippen LogP contribution in [0.25, 0.3) is 5.69 Å². The van der Waals surface area contributed by atoms with Gasteiger partial charge in [-0.05, 0) is 35.9 Å². The third-order valence-electron chi connectivity index (χ3n) is 4.24. The second-order valence-corrected chi connectivity index (χ2v) is 8.00. The van der Waals surface area contributed by atoms with E-state index in [4.69, 9.17) is 5.11 Å². The lowest BCUT2D eigenvalue weighted by Crippen LogP contribution is -2.12. The van der Waals surface area contributed by atoms with Gasteiger partial charge in [-0.1, -0.05) is 34.1 Å². The number of carbonyl (C=O) groups excluding carboxylic acids is 1. The lowest BCUT2D eigenvalue weighted by atomic mass is 10.1. The van der Waals surface area contributed by atoms with E-state index in [2.05, 4.69) is 26.2 Å². The Morgan fingerprint density at radius 2 is 2.04 bits per heavy atom. The number of anilines is 1. The summed E-state index contributed by atoms with van der Waals surface area (Å²) >= 11 is 4.97. The molecule has 0 fully saturated rings. The summed E-state index contributed by atoms with van der Waals surface area (Å²) in [7, 11) is 0. The van der Waals surface area contributed by atoms with Gasteiger partial charge in [0.25, 0.3) is 0 Å². The van der Waals surface area contributed by atoms with Crippen molar-refractivity contribution in [3.05, 3.63) is 76.2 Å². The number of rotatable bonds is 3. The number of imidazole rings is 1. The van der Waals surface area contributed by atoms with Gasteiger partial charge in [0.1, 0.15) is 6.33 Å². The van der Waals surface area contributed by atoms with Gasteiger partial charge in [-0.3, -0.25) is 9.36 Å². The molecular weight excluding hydrogens is 430 g/mol. The van der Waals surface area contributed by atoms with Crippen molar-refractivity contribution in [2.75, 3.05) is 11.1 Å². The molecule has 0 spiro atoms. The number of fused-ring (bicyclic) bond motifs is 1. The second kappa shape index (κ2) is 7.21. The summed E-state index contributed by atoms with van der Waals surface area (Å²) < 4.78 is 2.89. The van der Waals surface area contributed by atoms with Gasteiger partial charge < -0.3 is 10.4 Å². The number of benzene rings is 2. The zero-order chi connectivity index (χ0) is 19.0. The summed E-state index contributed by atoms with van der Waals surface area (Å²) in [5, 5.41) is 11.8. The summed E-state index contributed by atoms with van der Waals surface area (Å²) in [5.74, 6) is -0.255. The van der Waals surface area contributed by atoms with Crippen LogP contribution < -0.4 is 5.32 Å². The second-order valence-electron chi connectivity index (χ2n) is 5.99. The van der Waals surface area contributed by atoms with Crippen LogP contribution in [-0.2, 0) is 4.79 Å². The lowest BCUT2D eigenvalue weighted by Gasteiger charge is -2.18. The number of carboxylic acid groups (broad SMARTS) is 1. The summed E-state index contributed by atoms with van der Waals surface area (Å²) in [4.78, 5) is 27.6. The standard InChI is InChI=1S/C19H14BrN3O3S/c20-13-2-1-3-14(8-13)23-10-21-18-16(23)17(27-9-15(24)22-18)11-4-6-12(7-5-11)19(25)26/h1-8,10,17H,9H2,(H,22,24)(H,25,26)/t17-/m0/s1. The number of hydrogen-bond acceptors (Lipinski definition) is 4. The predicted octanol–water partition coefficient (Wildman–Crippen LogP) is 4.11. The van der Waals surface area contributed by atoms with E-state index in [1.807, 2.05) is 28.8 Å². The first-order chi connectivity index (χ1) is 13.0. The molecule has 6 nitrogen and oxygen atoms in total. The minimum atomic E-state index is -0.966. The van der Waals surface area contributed by atoms with E-state index in [1.54, 1.807) is 30.6 Å². The number of aromatic carboxylic acids is 1. The van der Waals surface area contributed by atoms with Crippen LogP contribution in [0.1, 0.15) is 26.9 Å². The average Bonchev–Trinajstić information content (AvgIpc) is 2.98. The van der Waals surface area contributed by atoms with E-state index in [9.17, 15) is 9.59 Å². The lowest BCUT2D eigenvalue weighted by molar-refractivity contribution is -0.113. The third kappa shape index (κ3) is 3.50. The highest BCUT2D eigenvalue weighted by Crippen LogP contribution is 2.42. The van der Waals surface area contributed by atoms with E-state index in [0.29, 0.717) is 11.6 Å². The molecule has 1 atom stereocenters. The SMILES string of the molecule is O=C1CS[C@@H](c2ccc(C(=O)O)cc2)c2c(ncn2-c2cccc(Br)c2)N1. The zero-order valence-corrected chi connectivity index (χ0v) is 16.3. The first-order valence-electron chi connectivity index (χ1n) is 8.11. The fraction of sp³-hybridized carbons (Fsp3) is 0.105. The minimum Gasteiger partial charge on any atom is -0.478 e. The van der Waals surface area contributed by atoms with Crippen LogP contribution in [0.5, 0.6) is 0 Å². The Hall–Kier alpha value is -2.58. The van der Waals surface area contributed by atoms with E-state index in [-0.39, 0.29) is 16.7 Å². The molecule has 3 aromatic rings. The molecule has 1 aliphatic heterocycles. The van der Waals surface area contributed by atoms with Gasteiger partial charge in [-0.2, -0.15) is 0 Å². The summed E-state index contributed by atoms with van der Waals surface area (Å²) in [6, 6.07) is 14.6. The quantitative estimate of drug-likeness (QED) is 0.636. The number of amides is 1. The molecule has 0 unspecified atom stereocenters. The van der Waals surface area contributed by atoms with Crippen LogP contribution in [0.4, 0.5) is 5.82 Å². The molecule has 8 heteroatoms. The number of carboxylic acids is 1. The van der Waals surface area contributed by atoms with Crippen molar-refractivity contribution < 1.29 is 14.7 Å². The maximum Gasteiger partial charge on any atom is 0.335 e. The Morgan fingerprint density at radius 1 is 1.26 bits per heavy atom. The van der Waals surface area contributed by atoms with Crippen molar-refractivity contribution in [3.63, 3.8) is 0 Å². The molecule has 0 radical (unpaired) electrons. The minimum absolute atomic E-state index is 0.106. The molecule has 2 aromatic carbocycles. The average molecular weight is 444 g/mol. The largest absolute Gasteiger partial charge is 0.478 e. The number of aromatic nitrogens is 2. The van der Waals surface area contributed by atoms with E-state index < -0.39 is 5.97 Å². The fourth-order valence-corrected chi connectivity index (χ4v) is 4.51. The van der Waals surface area contributed by atoms with Crippen molar-refractivity contribution >= 4 is 45.4 Å². The van der Waals surface area contributed by atoms with E-state index >= 15 is 0 Å². The molecule has 2 N–H and O–H groups in total. The maximum absolute atomic E-state index is 12.1. The topological polar surface area (TPSA) is 84.2 Å². The molecule has 1 aliphatic rings. The Balaban J connectivity index is 1.84. The number of halogens is 1. The van der Waals surface area contributed by atoms with Gasteiger partial charge in [0.05, 0.1) is 22.3 Å². The van der Waals surface area contributed by atoms with Gasteiger partial charge in [0.15, 0.2) is 5.82 Å². The normalized spacial score (nSPS) is 16.3. The number of thioether (sulfide) groups is 1. The van der Waals surface area contributed by atoms with Crippen LogP contribution in [0.2, 0.25) is 0 Å². The molecule has 0 saturated heterocycles. The molecule has 1 amide bonds. The number of nitrogens with zero attached hydrogens (tertiary/aromatic N) is 2. The molecule has 1 aromatic heterocycles. The van der Waals surface area contributed by atoms with Crippen molar-refractivity contribution in [1.82, 2.24) is 9.55 Å². The molecule has 136 valence electrons. The van der Waals surface area contributed by atoms with Gasteiger partial charge in [-0.15, -0.1) is 11.8 Å². The first kappa shape index (κ1) is 17.8.